The Labute approximate surface area is 189 Å². The molecule has 0 aliphatic carbocycles. The van der Waals surface area contributed by atoms with Crippen molar-refractivity contribution in [1.29, 1.82) is 0 Å². The van der Waals surface area contributed by atoms with E-state index in [2.05, 4.69) is 20.4 Å². The number of urea groups is 1. The Morgan fingerprint density at radius 1 is 1.03 bits per heavy atom. The molecule has 2 amide bonds. The Morgan fingerprint density at radius 3 is 2.30 bits per heavy atom. The average molecular weight is 459 g/mol. The van der Waals surface area contributed by atoms with E-state index < -0.39 is 17.8 Å². The zero-order chi connectivity index (χ0) is 23.6. The number of benzene rings is 2. The summed E-state index contributed by atoms with van der Waals surface area (Å²) in [5.41, 5.74) is 0.721. The monoisotopic (exact) mass is 459 g/mol. The molecule has 0 bridgehead atoms. The van der Waals surface area contributed by atoms with Crippen LogP contribution in [0, 0.1) is 0 Å². The molecule has 33 heavy (non-hydrogen) atoms. The molecular weight excluding hydrogens is 435 g/mol. The third kappa shape index (κ3) is 5.10. The minimum absolute atomic E-state index is 0.154. The van der Waals surface area contributed by atoms with E-state index in [1.54, 1.807) is 0 Å². The van der Waals surface area contributed by atoms with Gasteiger partial charge in [-0.15, -0.1) is 0 Å². The van der Waals surface area contributed by atoms with Crippen LogP contribution in [0.5, 0.6) is 0 Å². The topological polar surface area (TPSA) is 74.5 Å². The highest BCUT2D eigenvalue weighted by atomic mass is 19.4. The number of hydrogen-bond donors (Lipinski definition) is 1. The number of hydrogen-bond acceptors (Lipinski definition) is 5. The van der Waals surface area contributed by atoms with Crippen LogP contribution in [0.4, 0.5) is 29.3 Å². The Morgan fingerprint density at radius 2 is 1.70 bits per heavy atom. The van der Waals surface area contributed by atoms with Crippen LogP contribution in [-0.2, 0) is 6.18 Å². The summed E-state index contributed by atoms with van der Waals surface area (Å²) in [7, 11) is 0. The van der Waals surface area contributed by atoms with Crippen molar-refractivity contribution in [3.8, 4) is 11.4 Å². The lowest BCUT2D eigenvalue weighted by molar-refractivity contribution is -0.136. The molecule has 1 fully saturated rings. The highest BCUT2D eigenvalue weighted by Gasteiger charge is 2.34. The van der Waals surface area contributed by atoms with Gasteiger partial charge >= 0.3 is 12.2 Å². The second kappa shape index (κ2) is 9.13. The molecule has 1 aliphatic heterocycles. The van der Waals surface area contributed by atoms with E-state index in [4.69, 9.17) is 4.52 Å². The van der Waals surface area contributed by atoms with Crippen LogP contribution in [0.25, 0.3) is 11.4 Å². The fourth-order valence-corrected chi connectivity index (χ4v) is 3.61. The molecule has 10 heteroatoms. The van der Waals surface area contributed by atoms with Crippen molar-refractivity contribution in [1.82, 2.24) is 15.0 Å². The van der Waals surface area contributed by atoms with E-state index in [9.17, 15) is 18.0 Å². The Bertz CT molecular complexity index is 1100. The number of para-hydroxylation sites is 1. The standard InChI is InChI=1S/C23H24F3N5O2/c1-15(2)21-28-20(29-33-21)16-7-9-17(10-8-16)30-11-13-31(14-12-30)22(32)27-19-6-4-3-5-18(19)23(24,25)26/h3-10,15H,11-14H2,1-2H3,(H,27,32). The zero-order valence-electron chi connectivity index (χ0n) is 18.3. The molecule has 4 rings (SSSR count). The van der Waals surface area contributed by atoms with Gasteiger partial charge in [0, 0.05) is 43.3 Å². The van der Waals surface area contributed by atoms with Crippen LogP contribution in [0.1, 0.15) is 31.2 Å². The number of aromatic nitrogens is 2. The number of rotatable bonds is 4. The molecule has 2 heterocycles. The van der Waals surface area contributed by atoms with Crippen molar-refractivity contribution in [3.05, 3.63) is 60.0 Å². The normalized spacial score (nSPS) is 14.6. The molecule has 0 saturated carbocycles. The average Bonchev–Trinajstić information content (AvgIpc) is 3.30. The Balaban J connectivity index is 1.36. The van der Waals surface area contributed by atoms with Crippen LogP contribution < -0.4 is 10.2 Å². The van der Waals surface area contributed by atoms with E-state index in [0.29, 0.717) is 37.9 Å². The number of carbonyl (C=O) groups is 1. The van der Waals surface area contributed by atoms with Crippen LogP contribution in [0.3, 0.4) is 0 Å². The molecule has 0 spiro atoms. The molecule has 0 atom stereocenters. The van der Waals surface area contributed by atoms with E-state index in [1.807, 2.05) is 38.1 Å². The molecule has 2 aromatic carbocycles. The van der Waals surface area contributed by atoms with Gasteiger partial charge in [-0.1, -0.05) is 31.1 Å². The predicted molar refractivity (Wildman–Crippen MR) is 118 cm³/mol. The third-order valence-corrected chi connectivity index (χ3v) is 5.47. The Hall–Kier alpha value is -3.56. The second-order valence-corrected chi connectivity index (χ2v) is 8.11. The van der Waals surface area contributed by atoms with E-state index in [0.717, 1.165) is 17.3 Å². The number of anilines is 2. The fraction of sp³-hybridized carbons (Fsp3) is 0.348. The summed E-state index contributed by atoms with van der Waals surface area (Å²) in [6, 6.07) is 12.2. The maximum atomic E-state index is 13.2. The number of alkyl halides is 3. The van der Waals surface area contributed by atoms with Crippen molar-refractivity contribution in [2.75, 3.05) is 36.4 Å². The van der Waals surface area contributed by atoms with Gasteiger partial charge in [-0.25, -0.2) is 4.79 Å². The van der Waals surface area contributed by atoms with Crippen molar-refractivity contribution in [2.24, 2.45) is 0 Å². The molecule has 1 aromatic heterocycles. The predicted octanol–water partition coefficient (Wildman–Crippen LogP) is 5.23. The van der Waals surface area contributed by atoms with Crippen molar-refractivity contribution < 1.29 is 22.5 Å². The molecule has 174 valence electrons. The lowest BCUT2D eigenvalue weighted by Gasteiger charge is -2.36. The van der Waals surface area contributed by atoms with E-state index in [1.165, 1.54) is 23.1 Å². The first-order valence-electron chi connectivity index (χ1n) is 10.6. The summed E-state index contributed by atoms with van der Waals surface area (Å²) >= 11 is 0. The molecular formula is C23H24F3N5O2. The fourth-order valence-electron chi connectivity index (χ4n) is 3.61. The number of amides is 2. The summed E-state index contributed by atoms with van der Waals surface area (Å²) in [5, 5.41) is 6.42. The first-order valence-corrected chi connectivity index (χ1v) is 10.6. The highest BCUT2D eigenvalue weighted by Crippen LogP contribution is 2.34. The van der Waals surface area contributed by atoms with Gasteiger partial charge in [0.2, 0.25) is 11.7 Å². The highest BCUT2D eigenvalue weighted by molar-refractivity contribution is 5.90. The summed E-state index contributed by atoms with van der Waals surface area (Å²) < 4.78 is 44.8. The van der Waals surface area contributed by atoms with Gasteiger partial charge < -0.3 is 19.6 Å². The molecule has 1 saturated heterocycles. The van der Waals surface area contributed by atoms with Gasteiger partial charge in [0.25, 0.3) is 0 Å². The van der Waals surface area contributed by atoms with Gasteiger partial charge in [0.15, 0.2) is 0 Å². The molecule has 1 N–H and O–H groups in total. The van der Waals surface area contributed by atoms with Gasteiger partial charge in [0.05, 0.1) is 11.3 Å². The molecule has 7 nitrogen and oxygen atoms in total. The second-order valence-electron chi connectivity index (χ2n) is 8.11. The lowest BCUT2D eigenvalue weighted by Crippen LogP contribution is -2.50. The largest absolute Gasteiger partial charge is 0.418 e. The number of nitrogens with one attached hydrogen (secondary N) is 1. The molecule has 1 aliphatic rings. The van der Waals surface area contributed by atoms with Crippen LogP contribution in [0.15, 0.2) is 53.1 Å². The van der Waals surface area contributed by atoms with Crippen LogP contribution in [-0.4, -0.2) is 47.3 Å². The lowest BCUT2D eigenvalue weighted by atomic mass is 10.1. The Kier molecular flexibility index (Phi) is 6.26. The van der Waals surface area contributed by atoms with Crippen molar-refractivity contribution >= 4 is 17.4 Å². The zero-order valence-corrected chi connectivity index (χ0v) is 18.3. The van der Waals surface area contributed by atoms with Crippen LogP contribution >= 0.6 is 0 Å². The summed E-state index contributed by atoms with van der Waals surface area (Å²) in [6.07, 6.45) is -4.54. The summed E-state index contributed by atoms with van der Waals surface area (Å²) in [5.74, 6) is 1.27. The number of halogens is 3. The maximum absolute atomic E-state index is 13.2. The first-order chi connectivity index (χ1) is 15.7. The minimum atomic E-state index is -4.54. The molecule has 3 aromatic rings. The van der Waals surface area contributed by atoms with Crippen molar-refractivity contribution in [2.45, 2.75) is 25.9 Å². The quantitative estimate of drug-likeness (QED) is 0.578. The van der Waals surface area contributed by atoms with Gasteiger partial charge in [-0.3, -0.25) is 0 Å². The number of nitrogens with zero attached hydrogens (tertiary/aromatic N) is 4. The smallest absolute Gasteiger partial charge is 0.368 e. The van der Waals surface area contributed by atoms with Gasteiger partial charge in [-0.05, 0) is 36.4 Å². The SMILES string of the molecule is CC(C)c1nc(-c2ccc(N3CCN(C(=O)Nc4ccccc4C(F)(F)F)CC3)cc2)no1. The van der Waals surface area contributed by atoms with Gasteiger partial charge in [0.1, 0.15) is 0 Å². The van der Waals surface area contributed by atoms with Gasteiger partial charge in [-0.2, -0.15) is 18.2 Å². The number of piperazine rings is 1. The number of carbonyl (C=O) groups excluding carboxylic acids is 1. The van der Waals surface area contributed by atoms with E-state index in [-0.39, 0.29) is 11.6 Å². The molecule has 0 unspecified atom stereocenters. The summed E-state index contributed by atoms with van der Waals surface area (Å²) in [6.45, 7) is 5.88. The summed E-state index contributed by atoms with van der Waals surface area (Å²) in [4.78, 5) is 20.6. The first kappa shape index (κ1) is 22.6. The van der Waals surface area contributed by atoms with Crippen molar-refractivity contribution in [3.63, 3.8) is 0 Å². The third-order valence-electron chi connectivity index (χ3n) is 5.47. The maximum Gasteiger partial charge on any atom is 0.418 e. The molecule has 0 radical (unpaired) electrons. The van der Waals surface area contributed by atoms with E-state index >= 15 is 0 Å². The van der Waals surface area contributed by atoms with Crippen LogP contribution in [0.2, 0.25) is 0 Å². The minimum Gasteiger partial charge on any atom is -0.368 e.